The zero-order valence-corrected chi connectivity index (χ0v) is 24.6. The number of rotatable bonds is 8. The topological polar surface area (TPSA) is 113 Å². The number of amides is 2. The summed E-state index contributed by atoms with van der Waals surface area (Å²) in [7, 11) is 0. The first kappa shape index (κ1) is 28.7. The third-order valence-corrected chi connectivity index (χ3v) is 9.18. The Labute approximate surface area is 245 Å². The van der Waals surface area contributed by atoms with Gasteiger partial charge in [-0.2, -0.15) is 14.6 Å². The molecule has 2 amide bonds. The molecule has 12 heteroatoms. The summed E-state index contributed by atoms with van der Waals surface area (Å²) in [6.45, 7) is 10.5. The third kappa shape index (κ3) is 5.91. The van der Waals surface area contributed by atoms with E-state index in [1.807, 2.05) is 21.7 Å². The van der Waals surface area contributed by atoms with Gasteiger partial charge in [0.15, 0.2) is 11.5 Å². The molecule has 4 aliphatic heterocycles. The first-order valence-electron chi connectivity index (χ1n) is 15.4. The fraction of sp³-hybridized carbons (Fsp3) is 0.667. The van der Waals surface area contributed by atoms with Gasteiger partial charge >= 0.3 is 6.09 Å². The molecule has 0 radical (unpaired) electrons. The van der Waals surface area contributed by atoms with Gasteiger partial charge in [0.05, 0.1) is 12.7 Å². The molecule has 2 aromatic heterocycles. The summed E-state index contributed by atoms with van der Waals surface area (Å²) in [5.74, 6) is 0.426. The molecule has 0 saturated carbocycles. The summed E-state index contributed by atoms with van der Waals surface area (Å²) in [6, 6.07) is 2.20. The van der Waals surface area contributed by atoms with Gasteiger partial charge in [-0.25, -0.2) is 9.18 Å². The van der Waals surface area contributed by atoms with Crippen LogP contribution < -0.4 is 15.4 Å². The monoisotopic (exact) mass is 583 g/mol. The van der Waals surface area contributed by atoms with Crippen LogP contribution in [0.3, 0.4) is 0 Å². The van der Waals surface area contributed by atoms with Crippen LogP contribution in [0.5, 0.6) is 5.88 Å². The quantitative estimate of drug-likeness (QED) is 0.451. The normalized spacial score (nSPS) is 27.5. The molecule has 42 heavy (non-hydrogen) atoms. The maximum atomic E-state index is 13.2. The van der Waals surface area contributed by atoms with Crippen molar-refractivity contribution in [2.75, 3.05) is 38.0 Å². The molecule has 2 bridgehead atoms. The van der Waals surface area contributed by atoms with Gasteiger partial charge in [0.2, 0.25) is 5.88 Å². The maximum absolute atomic E-state index is 13.2. The van der Waals surface area contributed by atoms with Gasteiger partial charge in [0, 0.05) is 49.8 Å². The molecule has 228 valence electrons. The zero-order chi connectivity index (χ0) is 29.4. The number of carbonyl (C=O) groups excluding carboxylic acids is 2. The summed E-state index contributed by atoms with van der Waals surface area (Å²) < 4.78 is 27.2. The van der Waals surface area contributed by atoms with Gasteiger partial charge < -0.3 is 29.9 Å². The summed E-state index contributed by atoms with van der Waals surface area (Å²) >= 11 is 0. The van der Waals surface area contributed by atoms with Crippen LogP contribution in [0.15, 0.2) is 24.7 Å². The van der Waals surface area contributed by atoms with Gasteiger partial charge in [-0.1, -0.05) is 20.4 Å². The summed E-state index contributed by atoms with van der Waals surface area (Å²) in [4.78, 5) is 33.2. The molecule has 4 fully saturated rings. The number of carbonyl (C=O) groups is 2. The van der Waals surface area contributed by atoms with E-state index in [9.17, 15) is 14.0 Å². The lowest BCUT2D eigenvalue weighted by atomic mass is 9.91. The van der Waals surface area contributed by atoms with Gasteiger partial charge in [-0.05, 0) is 56.9 Å². The second-order valence-corrected chi connectivity index (χ2v) is 12.5. The van der Waals surface area contributed by atoms with Gasteiger partial charge in [-0.15, -0.1) is 0 Å². The van der Waals surface area contributed by atoms with Crippen LogP contribution in [-0.2, 0) is 9.53 Å². The SMILES string of the molecule is C=C(F)C(=O)N1CCC(OC(=O)N2[C@@H]3CC[C@H]2CC(CNc2cc(O[C@@H]4CCCNC4)nc4c(C(C)C)cnn24)C3)C1. The summed E-state index contributed by atoms with van der Waals surface area (Å²) in [5.41, 5.74) is 1.90. The van der Waals surface area contributed by atoms with Crippen LogP contribution in [0.25, 0.3) is 5.65 Å². The Balaban J connectivity index is 1.09. The Morgan fingerprint density at radius 2 is 1.98 bits per heavy atom. The molecule has 4 saturated heterocycles. The number of likely N-dealkylation sites (tertiary alicyclic amines) is 1. The highest BCUT2D eigenvalue weighted by molar-refractivity contribution is 5.90. The standard InChI is InChI=1S/C30H42FN7O4/c1-18(2)25-16-34-38-26(13-27(35-28(25)38)41-23-5-4-9-32-15-23)33-14-20-11-21-6-7-22(12-20)37(21)30(40)42-24-8-10-36(17-24)29(39)19(3)31/h13,16,18,20-24,32-33H,3-12,14-15,17H2,1-2H3/t20?,21-,22+,23-,24?/m1/s1. The number of aromatic nitrogens is 3. The van der Waals surface area contributed by atoms with E-state index in [-0.39, 0.29) is 36.7 Å². The number of nitrogens with one attached hydrogen (secondary N) is 2. The Hall–Kier alpha value is -3.41. The first-order chi connectivity index (χ1) is 20.3. The molecule has 0 spiro atoms. The largest absolute Gasteiger partial charge is 0.473 e. The summed E-state index contributed by atoms with van der Waals surface area (Å²) in [6.07, 6.45) is 7.54. The van der Waals surface area contributed by atoms with Crippen LogP contribution in [0.2, 0.25) is 0 Å². The maximum Gasteiger partial charge on any atom is 0.410 e. The highest BCUT2D eigenvalue weighted by atomic mass is 19.1. The van der Waals surface area contributed by atoms with E-state index in [4.69, 9.17) is 14.5 Å². The van der Waals surface area contributed by atoms with Crippen molar-refractivity contribution in [2.45, 2.75) is 89.0 Å². The third-order valence-electron chi connectivity index (χ3n) is 9.18. The smallest absolute Gasteiger partial charge is 0.410 e. The molecule has 2 N–H and O–H groups in total. The number of halogens is 1. The molecule has 4 aliphatic rings. The van der Waals surface area contributed by atoms with Crippen LogP contribution >= 0.6 is 0 Å². The zero-order valence-electron chi connectivity index (χ0n) is 24.6. The highest BCUT2D eigenvalue weighted by Crippen LogP contribution is 2.39. The lowest BCUT2D eigenvalue weighted by Gasteiger charge is -2.38. The Morgan fingerprint density at radius 3 is 2.67 bits per heavy atom. The summed E-state index contributed by atoms with van der Waals surface area (Å²) in [5, 5.41) is 11.7. The van der Waals surface area contributed by atoms with E-state index in [1.165, 1.54) is 4.90 Å². The van der Waals surface area contributed by atoms with E-state index >= 15 is 0 Å². The Bertz CT molecular complexity index is 1310. The molecule has 0 aromatic carbocycles. The fourth-order valence-corrected chi connectivity index (χ4v) is 7.03. The van der Waals surface area contributed by atoms with Crippen LogP contribution in [0, 0.1) is 5.92 Å². The lowest BCUT2D eigenvalue weighted by Crippen LogP contribution is -2.48. The van der Waals surface area contributed by atoms with Crippen molar-refractivity contribution < 1.29 is 23.5 Å². The van der Waals surface area contributed by atoms with Crippen LogP contribution in [0.1, 0.15) is 70.3 Å². The van der Waals surface area contributed by atoms with Crippen molar-refractivity contribution in [3.8, 4) is 5.88 Å². The second kappa shape index (κ2) is 12.1. The highest BCUT2D eigenvalue weighted by Gasteiger charge is 2.45. The van der Waals surface area contributed by atoms with Gasteiger partial charge in [0.1, 0.15) is 18.0 Å². The molecular weight excluding hydrogens is 541 g/mol. The predicted molar refractivity (Wildman–Crippen MR) is 155 cm³/mol. The van der Waals surface area contributed by atoms with Crippen molar-refractivity contribution in [1.29, 1.82) is 0 Å². The molecular formula is C30H42FN7O4. The molecule has 0 aliphatic carbocycles. The van der Waals surface area contributed by atoms with Gasteiger partial charge in [0.25, 0.3) is 5.91 Å². The second-order valence-electron chi connectivity index (χ2n) is 12.5. The molecule has 5 atom stereocenters. The number of nitrogens with zero attached hydrogens (tertiary/aromatic N) is 5. The average molecular weight is 584 g/mol. The van der Waals surface area contributed by atoms with Crippen molar-refractivity contribution in [3.63, 3.8) is 0 Å². The molecule has 6 rings (SSSR count). The van der Waals surface area contributed by atoms with Crippen molar-refractivity contribution in [3.05, 3.63) is 30.2 Å². The molecule has 2 unspecified atom stereocenters. The molecule has 11 nitrogen and oxygen atoms in total. The van der Waals surface area contributed by atoms with E-state index in [1.54, 1.807) is 0 Å². The number of hydrogen-bond acceptors (Lipinski definition) is 8. The minimum Gasteiger partial charge on any atom is -0.473 e. The average Bonchev–Trinajstić information content (AvgIpc) is 3.68. The van der Waals surface area contributed by atoms with Crippen LogP contribution in [-0.4, -0.2) is 93.4 Å². The van der Waals surface area contributed by atoms with Crippen molar-refractivity contribution >= 4 is 23.5 Å². The van der Waals surface area contributed by atoms with Gasteiger partial charge in [-0.3, -0.25) is 4.79 Å². The number of piperidine rings is 2. The van der Waals surface area contributed by atoms with Crippen molar-refractivity contribution in [2.24, 2.45) is 5.92 Å². The Morgan fingerprint density at radius 1 is 1.19 bits per heavy atom. The van der Waals surface area contributed by atoms with E-state index in [0.717, 1.165) is 75.2 Å². The van der Waals surface area contributed by atoms with Crippen LogP contribution in [0.4, 0.5) is 15.0 Å². The fourth-order valence-electron chi connectivity index (χ4n) is 7.03. The minimum atomic E-state index is -0.985. The molecule has 2 aromatic rings. The lowest BCUT2D eigenvalue weighted by molar-refractivity contribution is -0.128. The predicted octanol–water partition coefficient (Wildman–Crippen LogP) is 3.86. The Kier molecular flexibility index (Phi) is 8.24. The van der Waals surface area contributed by atoms with E-state index in [0.29, 0.717) is 24.8 Å². The number of fused-ring (bicyclic) bond motifs is 3. The number of anilines is 1. The first-order valence-corrected chi connectivity index (χ1v) is 15.4. The number of hydrogen-bond donors (Lipinski definition) is 2. The minimum absolute atomic E-state index is 0.0997. The van der Waals surface area contributed by atoms with E-state index < -0.39 is 17.8 Å². The molecule has 6 heterocycles. The van der Waals surface area contributed by atoms with E-state index in [2.05, 4.69) is 36.2 Å². The van der Waals surface area contributed by atoms with Crippen molar-refractivity contribution in [1.82, 2.24) is 29.7 Å². The number of ether oxygens (including phenoxy) is 2.